The third-order valence-corrected chi connectivity index (χ3v) is 2.78. The van der Waals surface area contributed by atoms with Crippen LogP contribution < -0.4 is 10.9 Å². The molecule has 0 saturated heterocycles. The van der Waals surface area contributed by atoms with Crippen LogP contribution in [0.1, 0.15) is 19.3 Å². The van der Waals surface area contributed by atoms with Gasteiger partial charge in [0.25, 0.3) is 0 Å². The molecule has 1 aliphatic carbocycles. The zero-order valence-corrected chi connectivity index (χ0v) is 9.46. The van der Waals surface area contributed by atoms with Crippen molar-refractivity contribution in [1.82, 2.24) is 9.88 Å². The molecule has 0 amide bonds. The summed E-state index contributed by atoms with van der Waals surface area (Å²) in [5, 5.41) is 13.9. The minimum atomic E-state index is -0.638. The molecule has 6 nitrogen and oxygen atoms in total. The second-order valence-electron chi connectivity index (χ2n) is 4.23. The van der Waals surface area contributed by atoms with Gasteiger partial charge in [0.2, 0.25) is 0 Å². The van der Waals surface area contributed by atoms with Gasteiger partial charge in [-0.3, -0.25) is 14.9 Å². The van der Waals surface area contributed by atoms with Gasteiger partial charge >= 0.3 is 11.2 Å². The van der Waals surface area contributed by atoms with Crippen LogP contribution in [0.15, 0.2) is 23.1 Å². The second-order valence-corrected chi connectivity index (χ2v) is 4.23. The van der Waals surface area contributed by atoms with Gasteiger partial charge in [0, 0.05) is 24.8 Å². The summed E-state index contributed by atoms with van der Waals surface area (Å²) >= 11 is 0. The van der Waals surface area contributed by atoms with Crippen LogP contribution in [0.25, 0.3) is 0 Å². The standard InChI is InChI=1S/C11H15N3O3/c15-11-10(14(16)17)3-1-7-13(11)8-2-6-12-9-4-5-9/h1,3,7,9,12H,2,4-6,8H2. The Bertz CT molecular complexity index is 465. The van der Waals surface area contributed by atoms with Crippen molar-refractivity contribution in [3.05, 3.63) is 38.8 Å². The molecule has 0 atom stereocenters. The van der Waals surface area contributed by atoms with Crippen LogP contribution in [-0.4, -0.2) is 22.1 Å². The number of hydrogen-bond donors (Lipinski definition) is 1. The highest BCUT2D eigenvalue weighted by Crippen LogP contribution is 2.18. The maximum atomic E-state index is 11.7. The van der Waals surface area contributed by atoms with E-state index < -0.39 is 10.5 Å². The fourth-order valence-corrected chi connectivity index (χ4v) is 1.68. The summed E-state index contributed by atoms with van der Waals surface area (Å²) in [4.78, 5) is 21.6. The number of hydrogen-bond acceptors (Lipinski definition) is 4. The van der Waals surface area contributed by atoms with Crippen molar-refractivity contribution in [2.24, 2.45) is 0 Å². The summed E-state index contributed by atoms with van der Waals surface area (Å²) < 4.78 is 1.40. The van der Waals surface area contributed by atoms with Gasteiger partial charge in [-0.1, -0.05) is 0 Å². The molecule has 1 saturated carbocycles. The minimum Gasteiger partial charge on any atom is -0.314 e. The lowest BCUT2D eigenvalue weighted by Crippen LogP contribution is -2.24. The van der Waals surface area contributed by atoms with E-state index in [4.69, 9.17) is 0 Å². The average molecular weight is 237 g/mol. The summed E-state index contributed by atoms with van der Waals surface area (Å²) in [6, 6.07) is 3.42. The first-order valence-corrected chi connectivity index (χ1v) is 5.75. The van der Waals surface area contributed by atoms with Crippen molar-refractivity contribution in [2.45, 2.75) is 31.8 Å². The lowest BCUT2D eigenvalue weighted by Gasteiger charge is -2.05. The molecule has 1 fully saturated rings. The molecule has 1 aromatic rings. The molecule has 1 aromatic heterocycles. The Hall–Kier alpha value is -1.69. The maximum absolute atomic E-state index is 11.7. The Morgan fingerprint density at radius 1 is 1.53 bits per heavy atom. The number of pyridine rings is 1. The summed E-state index contributed by atoms with van der Waals surface area (Å²) in [6.07, 6.45) is 4.86. The van der Waals surface area contributed by atoms with Gasteiger partial charge in [-0.05, 0) is 31.9 Å². The molecular formula is C11H15N3O3. The Morgan fingerprint density at radius 2 is 2.29 bits per heavy atom. The number of aromatic nitrogens is 1. The van der Waals surface area contributed by atoms with E-state index in [9.17, 15) is 14.9 Å². The van der Waals surface area contributed by atoms with Crippen LogP contribution in [0.5, 0.6) is 0 Å². The molecule has 1 heterocycles. The monoisotopic (exact) mass is 237 g/mol. The fourth-order valence-electron chi connectivity index (χ4n) is 1.68. The molecule has 0 spiro atoms. The van der Waals surface area contributed by atoms with E-state index in [0.29, 0.717) is 12.6 Å². The van der Waals surface area contributed by atoms with Crippen molar-refractivity contribution >= 4 is 5.69 Å². The second kappa shape index (κ2) is 5.09. The molecule has 6 heteroatoms. The number of nitrogens with one attached hydrogen (secondary N) is 1. The van der Waals surface area contributed by atoms with Gasteiger partial charge < -0.3 is 9.88 Å². The van der Waals surface area contributed by atoms with Crippen LogP contribution >= 0.6 is 0 Å². The summed E-state index contributed by atoms with van der Waals surface area (Å²) in [5.41, 5.74) is -0.883. The van der Waals surface area contributed by atoms with E-state index in [2.05, 4.69) is 5.32 Å². The van der Waals surface area contributed by atoms with Gasteiger partial charge in [0.15, 0.2) is 0 Å². The third-order valence-electron chi connectivity index (χ3n) is 2.78. The van der Waals surface area contributed by atoms with Gasteiger partial charge in [-0.2, -0.15) is 0 Å². The number of nitro groups is 1. The van der Waals surface area contributed by atoms with Crippen LogP contribution in [0.4, 0.5) is 5.69 Å². The molecule has 92 valence electrons. The lowest BCUT2D eigenvalue weighted by atomic mass is 10.3. The Kier molecular flexibility index (Phi) is 3.53. The normalized spacial score (nSPS) is 14.8. The molecule has 0 aliphatic heterocycles. The van der Waals surface area contributed by atoms with Crippen molar-refractivity contribution < 1.29 is 4.92 Å². The predicted molar refractivity (Wildman–Crippen MR) is 63.0 cm³/mol. The topological polar surface area (TPSA) is 77.2 Å². The Morgan fingerprint density at radius 3 is 2.94 bits per heavy atom. The van der Waals surface area contributed by atoms with Crippen LogP contribution in [0.2, 0.25) is 0 Å². The van der Waals surface area contributed by atoms with Gasteiger partial charge in [0.05, 0.1) is 4.92 Å². The SMILES string of the molecule is O=c1c([N+](=O)[O-])cccn1CCCNC1CC1. The first kappa shape index (κ1) is 11.8. The number of aryl methyl sites for hydroxylation is 1. The predicted octanol–water partition coefficient (Wildman–Crippen LogP) is 0.899. The summed E-state index contributed by atoms with van der Waals surface area (Å²) in [6.45, 7) is 1.36. The largest absolute Gasteiger partial charge is 0.334 e. The highest BCUT2D eigenvalue weighted by atomic mass is 16.6. The maximum Gasteiger partial charge on any atom is 0.334 e. The van der Waals surface area contributed by atoms with Crippen molar-refractivity contribution in [1.29, 1.82) is 0 Å². The minimum absolute atomic E-state index is 0.359. The van der Waals surface area contributed by atoms with Gasteiger partial charge in [0.1, 0.15) is 0 Å². The molecule has 0 aromatic carbocycles. The van der Waals surface area contributed by atoms with Crippen molar-refractivity contribution in [3.8, 4) is 0 Å². The zero-order valence-electron chi connectivity index (χ0n) is 9.46. The van der Waals surface area contributed by atoms with Crippen LogP contribution in [-0.2, 0) is 6.54 Å². The van der Waals surface area contributed by atoms with Crippen molar-refractivity contribution in [3.63, 3.8) is 0 Å². The fraction of sp³-hybridized carbons (Fsp3) is 0.545. The van der Waals surface area contributed by atoms with Gasteiger partial charge in [-0.25, -0.2) is 0 Å². The smallest absolute Gasteiger partial charge is 0.314 e. The molecule has 0 radical (unpaired) electrons. The lowest BCUT2D eigenvalue weighted by molar-refractivity contribution is -0.386. The molecule has 1 aliphatic rings. The Labute approximate surface area is 98.4 Å². The number of rotatable bonds is 6. The van der Waals surface area contributed by atoms with E-state index in [-0.39, 0.29) is 5.69 Å². The Balaban J connectivity index is 1.92. The zero-order chi connectivity index (χ0) is 12.3. The average Bonchev–Trinajstić information content (AvgIpc) is 3.10. The molecule has 0 bridgehead atoms. The van der Waals surface area contributed by atoms with Gasteiger partial charge in [-0.15, -0.1) is 0 Å². The third kappa shape index (κ3) is 3.13. The highest BCUT2D eigenvalue weighted by molar-refractivity contribution is 5.24. The van der Waals surface area contributed by atoms with Crippen molar-refractivity contribution in [2.75, 3.05) is 6.54 Å². The summed E-state index contributed by atoms with van der Waals surface area (Å²) in [7, 11) is 0. The van der Waals surface area contributed by atoms with E-state index >= 15 is 0 Å². The quantitative estimate of drug-likeness (QED) is 0.453. The highest BCUT2D eigenvalue weighted by Gasteiger charge is 2.19. The first-order chi connectivity index (χ1) is 8.18. The molecule has 0 unspecified atom stereocenters. The molecule has 17 heavy (non-hydrogen) atoms. The van der Waals surface area contributed by atoms with Crippen LogP contribution in [0, 0.1) is 10.1 Å². The van der Waals surface area contributed by atoms with E-state index in [0.717, 1.165) is 13.0 Å². The van der Waals surface area contributed by atoms with E-state index in [1.807, 2.05) is 0 Å². The summed E-state index contributed by atoms with van der Waals surface area (Å²) in [5.74, 6) is 0. The van der Waals surface area contributed by atoms with E-state index in [1.54, 1.807) is 6.20 Å². The molecule has 1 N–H and O–H groups in total. The molecular weight excluding hydrogens is 222 g/mol. The number of nitrogens with zero attached hydrogens (tertiary/aromatic N) is 2. The van der Waals surface area contributed by atoms with Crippen LogP contribution in [0.3, 0.4) is 0 Å². The molecule has 2 rings (SSSR count). The first-order valence-electron chi connectivity index (χ1n) is 5.75. The van der Waals surface area contributed by atoms with E-state index in [1.165, 1.54) is 29.5 Å².